The first-order valence-electron chi connectivity index (χ1n) is 3.87. The van der Waals surface area contributed by atoms with Gasteiger partial charge in [0.15, 0.2) is 0 Å². The Morgan fingerprint density at radius 3 is 2.08 bits per heavy atom. The number of fused-ring (bicyclic) bond motifs is 5. The molecule has 2 saturated heterocycles. The molecule has 0 amide bonds. The highest BCUT2D eigenvalue weighted by molar-refractivity contribution is 8.01. The van der Waals surface area contributed by atoms with Crippen molar-refractivity contribution in [2.24, 2.45) is 11.8 Å². The van der Waals surface area contributed by atoms with Gasteiger partial charge < -0.3 is 4.74 Å². The zero-order chi connectivity index (χ0) is 8.29. The molecule has 3 aliphatic rings. The average molecular weight is 182 g/mol. The summed E-state index contributed by atoms with van der Waals surface area (Å²) in [6.45, 7) is 0. The van der Waals surface area contributed by atoms with Gasteiger partial charge in [-0.05, 0) is 0 Å². The van der Waals surface area contributed by atoms with E-state index in [9.17, 15) is 9.59 Å². The van der Waals surface area contributed by atoms with Gasteiger partial charge in [0.1, 0.15) is 0 Å². The molecule has 4 heteroatoms. The normalized spacial score (nSPS) is 48.3. The largest absolute Gasteiger partial charge is 0.393 e. The summed E-state index contributed by atoms with van der Waals surface area (Å²) < 4.78 is 4.58. The standard InChI is InChI=1S/C8H6O3S/c9-7-5-3-1-2-4(12-3)6(5)8(10)11-7/h1-6H. The number of carbonyl (C=O) groups excluding carboxylic acids is 2. The summed E-state index contributed by atoms with van der Waals surface area (Å²) in [6, 6.07) is 0. The van der Waals surface area contributed by atoms with Crippen molar-refractivity contribution in [2.75, 3.05) is 0 Å². The summed E-state index contributed by atoms with van der Waals surface area (Å²) in [4.78, 5) is 22.3. The van der Waals surface area contributed by atoms with Crippen LogP contribution in [0.1, 0.15) is 0 Å². The number of cyclic esters (lactones) is 2. The second-order valence-corrected chi connectivity index (χ2v) is 4.60. The SMILES string of the molecule is O=C1OC(=O)C2C3C=CC(S3)C12. The van der Waals surface area contributed by atoms with Gasteiger partial charge in [0.05, 0.1) is 11.8 Å². The molecule has 0 aromatic carbocycles. The molecule has 2 fully saturated rings. The molecule has 0 aromatic rings. The molecular formula is C8H6O3S. The molecule has 2 bridgehead atoms. The van der Waals surface area contributed by atoms with Gasteiger partial charge >= 0.3 is 11.9 Å². The second-order valence-electron chi connectivity index (χ2n) is 3.24. The number of ether oxygens (including phenoxy) is 1. The van der Waals surface area contributed by atoms with Crippen molar-refractivity contribution in [1.82, 2.24) is 0 Å². The van der Waals surface area contributed by atoms with Crippen molar-refractivity contribution < 1.29 is 14.3 Å². The van der Waals surface area contributed by atoms with Gasteiger partial charge in [0, 0.05) is 10.5 Å². The second kappa shape index (κ2) is 1.93. The van der Waals surface area contributed by atoms with Gasteiger partial charge in [-0.3, -0.25) is 9.59 Å². The number of hydrogen-bond donors (Lipinski definition) is 0. The molecule has 0 saturated carbocycles. The van der Waals surface area contributed by atoms with E-state index in [0.717, 1.165) is 0 Å². The molecular weight excluding hydrogens is 176 g/mol. The fourth-order valence-electron chi connectivity index (χ4n) is 2.11. The predicted molar refractivity (Wildman–Crippen MR) is 42.4 cm³/mol. The van der Waals surface area contributed by atoms with Crippen molar-refractivity contribution in [1.29, 1.82) is 0 Å². The van der Waals surface area contributed by atoms with Crippen molar-refractivity contribution >= 4 is 23.7 Å². The fraction of sp³-hybridized carbons (Fsp3) is 0.500. The molecule has 0 aromatic heterocycles. The molecule has 4 unspecified atom stereocenters. The molecule has 0 aliphatic carbocycles. The average Bonchev–Trinajstić information content (AvgIpc) is 2.64. The highest BCUT2D eigenvalue weighted by atomic mass is 32.2. The minimum absolute atomic E-state index is 0.183. The smallest absolute Gasteiger partial charge is 0.318 e. The number of carbonyl (C=O) groups is 2. The van der Waals surface area contributed by atoms with E-state index in [2.05, 4.69) is 4.74 Å². The Morgan fingerprint density at radius 1 is 1.08 bits per heavy atom. The Labute approximate surface area is 73.1 Å². The Bertz CT molecular complexity index is 281. The third kappa shape index (κ3) is 0.602. The van der Waals surface area contributed by atoms with Gasteiger partial charge in [0.2, 0.25) is 0 Å². The third-order valence-corrected chi connectivity index (χ3v) is 4.17. The van der Waals surface area contributed by atoms with E-state index in [-0.39, 0.29) is 34.3 Å². The molecule has 0 radical (unpaired) electrons. The van der Waals surface area contributed by atoms with Gasteiger partial charge in [-0.25, -0.2) is 0 Å². The topological polar surface area (TPSA) is 43.4 Å². The Morgan fingerprint density at radius 2 is 1.58 bits per heavy atom. The van der Waals surface area contributed by atoms with Crippen LogP contribution in [0.3, 0.4) is 0 Å². The van der Waals surface area contributed by atoms with Crippen LogP contribution in [0.4, 0.5) is 0 Å². The highest BCUT2D eigenvalue weighted by Gasteiger charge is 2.58. The Kier molecular flexibility index (Phi) is 1.08. The zero-order valence-electron chi connectivity index (χ0n) is 6.10. The first kappa shape index (κ1) is 6.71. The summed E-state index contributed by atoms with van der Waals surface area (Å²) >= 11 is 1.70. The van der Waals surface area contributed by atoms with E-state index >= 15 is 0 Å². The van der Waals surface area contributed by atoms with Crippen molar-refractivity contribution in [3.63, 3.8) is 0 Å². The van der Waals surface area contributed by atoms with Crippen LogP contribution in [0.25, 0.3) is 0 Å². The van der Waals surface area contributed by atoms with Gasteiger partial charge in [-0.1, -0.05) is 12.2 Å². The van der Waals surface area contributed by atoms with Crippen LogP contribution < -0.4 is 0 Å². The van der Waals surface area contributed by atoms with E-state index in [0.29, 0.717) is 0 Å². The lowest BCUT2D eigenvalue weighted by Gasteiger charge is -2.10. The zero-order valence-corrected chi connectivity index (χ0v) is 6.91. The molecule has 12 heavy (non-hydrogen) atoms. The van der Waals surface area contributed by atoms with Crippen LogP contribution in [0.2, 0.25) is 0 Å². The van der Waals surface area contributed by atoms with Crippen LogP contribution in [0, 0.1) is 11.8 Å². The summed E-state index contributed by atoms with van der Waals surface area (Å²) in [6.07, 6.45) is 4.02. The molecule has 0 N–H and O–H groups in total. The summed E-state index contributed by atoms with van der Waals surface area (Å²) in [7, 11) is 0. The highest BCUT2D eigenvalue weighted by Crippen LogP contribution is 2.52. The van der Waals surface area contributed by atoms with E-state index in [1.54, 1.807) is 11.8 Å². The van der Waals surface area contributed by atoms with Crippen LogP contribution in [0.5, 0.6) is 0 Å². The van der Waals surface area contributed by atoms with Crippen LogP contribution in [0.15, 0.2) is 12.2 Å². The van der Waals surface area contributed by atoms with Gasteiger partial charge in [-0.2, -0.15) is 0 Å². The Balaban J connectivity index is 2.08. The Hall–Kier alpha value is -0.770. The van der Waals surface area contributed by atoms with E-state index in [4.69, 9.17) is 0 Å². The molecule has 3 rings (SSSR count). The van der Waals surface area contributed by atoms with E-state index in [1.165, 1.54) is 0 Å². The lowest BCUT2D eigenvalue weighted by Crippen LogP contribution is -2.26. The molecule has 3 aliphatic heterocycles. The van der Waals surface area contributed by atoms with Crippen LogP contribution in [-0.2, 0) is 14.3 Å². The van der Waals surface area contributed by atoms with Crippen LogP contribution >= 0.6 is 11.8 Å². The maximum Gasteiger partial charge on any atom is 0.318 e. The monoisotopic (exact) mass is 182 g/mol. The van der Waals surface area contributed by atoms with Gasteiger partial charge in [-0.15, -0.1) is 11.8 Å². The fourth-order valence-corrected chi connectivity index (χ4v) is 3.73. The third-order valence-electron chi connectivity index (χ3n) is 2.65. The molecule has 62 valence electrons. The lowest BCUT2D eigenvalue weighted by molar-refractivity contribution is -0.153. The molecule has 3 heterocycles. The van der Waals surface area contributed by atoms with E-state index in [1.807, 2.05) is 12.2 Å². The van der Waals surface area contributed by atoms with Crippen LogP contribution in [-0.4, -0.2) is 22.4 Å². The number of esters is 2. The van der Waals surface area contributed by atoms with Crippen molar-refractivity contribution in [3.05, 3.63) is 12.2 Å². The minimum atomic E-state index is -0.325. The number of thioether (sulfide) groups is 1. The maximum atomic E-state index is 11.2. The lowest BCUT2D eigenvalue weighted by atomic mass is 9.85. The summed E-state index contributed by atoms with van der Waals surface area (Å²) in [5.41, 5.74) is 0. The summed E-state index contributed by atoms with van der Waals surface area (Å²) in [5, 5.41) is 0.387. The number of rotatable bonds is 0. The first-order valence-corrected chi connectivity index (χ1v) is 4.81. The first-order chi connectivity index (χ1) is 5.77. The molecule has 4 atom stereocenters. The predicted octanol–water partition coefficient (Wildman–Crippen LogP) is 0.356. The van der Waals surface area contributed by atoms with Crippen molar-refractivity contribution in [2.45, 2.75) is 10.5 Å². The number of hydrogen-bond acceptors (Lipinski definition) is 4. The van der Waals surface area contributed by atoms with Gasteiger partial charge in [0.25, 0.3) is 0 Å². The van der Waals surface area contributed by atoms with Crippen molar-refractivity contribution in [3.8, 4) is 0 Å². The maximum absolute atomic E-state index is 11.2. The summed E-state index contributed by atoms with van der Waals surface area (Å²) in [5.74, 6) is -1.02. The minimum Gasteiger partial charge on any atom is -0.393 e. The molecule has 3 nitrogen and oxygen atoms in total. The molecule has 0 spiro atoms. The van der Waals surface area contributed by atoms with E-state index < -0.39 is 0 Å². The quantitative estimate of drug-likeness (QED) is 0.308.